The van der Waals surface area contributed by atoms with Crippen LogP contribution in [-0.2, 0) is 0 Å². The van der Waals surface area contributed by atoms with Gasteiger partial charge in [-0.05, 0) is 28.6 Å². The SMILES string of the molecule is C=C(C/C=C/c1ccccc1)P(C(C)C)C(C)C. The molecule has 0 saturated carbocycles. The van der Waals surface area contributed by atoms with Crippen molar-refractivity contribution in [2.24, 2.45) is 0 Å². The number of benzene rings is 1. The van der Waals surface area contributed by atoms with Crippen molar-refractivity contribution in [2.45, 2.75) is 45.4 Å². The highest BCUT2D eigenvalue weighted by atomic mass is 31.1. The fourth-order valence-electron chi connectivity index (χ4n) is 2.33. The van der Waals surface area contributed by atoms with Crippen molar-refractivity contribution in [1.29, 1.82) is 0 Å². The zero-order valence-electron chi connectivity index (χ0n) is 12.1. The molecule has 1 heteroatoms. The molecule has 0 unspecified atom stereocenters. The molecule has 1 rings (SSSR count). The van der Waals surface area contributed by atoms with Gasteiger partial charge in [-0.2, -0.15) is 0 Å². The normalized spacial score (nSPS) is 11.9. The van der Waals surface area contributed by atoms with E-state index in [9.17, 15) is 0 Å². The Balaban J connectivity index is 2.57. The average molecular weight is 260 g/mol. The molecule has 0 heterocycles. The van der Waals surface area contributed by atoms with Gasteiger partial charge in [0.2, 0.25) is 0 Å². The van der Waals surface area contributed by atoms with Crippen LogP contribution in [0.2, 0.25) is 0 Å². The summed E-state index contributed by atoms with van der Waals surface area (Å²) in [6, 6.07) is 10.5. The van der Waals surface area contributed by atoms with Crippen LogP contribution in [0.1, 0.15) is 39.7 Å². The minimum Gasteiger partial charge on any atom is -0.0950 e. The molecule has 0 N–H and O–H groups in total. The van der Waals surface area contributed by atoms with E-state index >= 15 is 0 Å². The summed E-state index contributed by atoms with van der Waals surface area (Å²) in [4.78, 5) is 0. The van der Waals surface area contributed by atoms with Gasteiger partial charge >= 0.3 is 0 Å². The largest absolute Gasteiger partial charge is 0.0950 e. The van der Waals surface area contributed by atoms with Crippen molar-refractivity contribution >= 4 is 14.0 Å². The molecule has 0 atom stereocenters. The second kappa shape index (κ2) is 7.54. The Hall–Kier alpha value is -0.870. The summed E-state index contributed by atoms with van der Waals surface area (Å²) < 4.78 is 0. The zero-order chi connectivity index (χ0) is 13.5. The topological polar surface area (TPSA) is 0 Å². The van der Waals surface area contributed by atoms with Gasteiger partial charge in [0.15, 0.2) is 0 Å². The van der Waals surface area contributed by atoms with Gasteiger partial charge in [0, 0.05) is 0 Å². The first kappa shape index (κ1) is 15.2. The molecule has 0 aliphatic carbocycles. The average Bonchev–Trinajstić information content (AvgIpc) is 2.29. The summed E-state index contributed by atoms with van der Waals surface area (Å²) in [5, 5.41) is 1.42. The molecule has 18 heavy (non-hydrogen) atoms. The van der Waals surface area contributed by atoms with E-state index < -0.39 is 0 Å². The molecule has 0 nitrogen and oxygen atoms in total. The van der Waals surface area contributed by atoms with Gasteiger partial charge in [0.05, 0.1) is 0 Å². The third-order valence-corrected chi connectivity index (χ3v) is 6.08. The van der Waals surface area contributed by atoms with E-state index in [1.165, 1.54) is 10.9 Å². The minimum atomic E-state index is -0.0661. The van der Waals surface area contributed by atoms with Crippen molar-refractivity contribution < 1.29 is 0 Å². The Morgan fingerprint density at radius 1 is 1.11 bits per heavy atom. The fraction of sp³-hybridized carbons (Fsp3) is 0.412. The van der Waals surface area contributed by atoms with E-state index in [0.717, 1.165) is 17.7 Å². The third-order valence-electron chi connectivity index (χ3n) is 2.94. The first-order chi connectivity index (χ1) is 8.52. The lowest BCUT2D eigenvalue weighted by molar-refractivity contribution is 1.01. The van der Waals surface area contributed by atoms with E-state index in [2.05, 4.69) is 70.7 Å². The first-order valence-corrected chi connectivity index (χ1v) is 8.18. The molecule has 0 amide bonds. The predicted octanol–water partition coefficient (Wildman–Crippen LogP) is 5.90. The van der Waals surface area contributed by atoms with Gasteiger partial charge in [0.25, 0.3) is 0 Å². The number of rotatable bonds is 6. The molecule has 0 aliphatic rings. The molecule has 0 spiro atoms. The lowest BCUT2D eigenvalue weighted by Gasteiger charge is -2.27. The Bertz CT molecular complexity index is 379. The quantitative estimate of drug-likeness (QED) is 0.558. The highest BCUT2D eigenvalue weighted by molar-refractivity contribution is 7.63. The second-order valence-corrected chi connectivity index (χ2v) is 8.69. The van der Waals surface area contributed by atoms with Gasteiger partial charge < -0.3 is 0 Å². The summed E-state index contributed by atoms with van der Waals surface area (Å²) in [5.74, 6) is 0. The molecule has 98 valence electrons. The monoisotopic (exact) mass is 260 g/mol. The van der Waals surface area contributed by atoms with Crippen LogP contribution in [0.5, 0.6) is 0 Å². The minimum absolute atomic E-state index is 0.0661. The Labute approximate surface area is 114 Å². The molecular weight excluding hydrogens is 235 g/mol. The van der Waals surface area contributed by atoms with Crippen LogP contribution in [0.3, 0.4) is 0 Å². The third kappa shape index (κ3) is 4.78. The van der Waals surface area contributed by atoms with E-state index in [1.54, 1.807) is 0 Å². The van der Waals surface area contributed by atoms with Crippen LogP contribution in [-0.4, -0.2) is 11.3 Å². The summed E-state index contributed by atoms with van der Waals surface area (Å²) in [6.45, 7) is 13.6. The van der Waals surface area contributed by atoms with Crippen molar-refractivity contribution in [3.8, 4) is 0 Å². The number of hydrogen-bond acceptors (Lipinski definition) is 0. The standard InChI is InChI=1S/C17H25P/c1-14(2)18(15(3)4)16(5)10-9-13-17-11-7-6-8-12-17/h6-9,11-15H,5,10H2,1-4H3/b13-9+. The molecule has 0 bridgehead atoms. The predicted molar refractivity (Wildman–Crippen MR) is 86.4 cm³/mol. The van der Waals surface area contributed by atoms with Crippen LogP contribution in [0.25, 0.3) is 6.08 Å². The smallest absolute Gasteiger partial charge is 0.00953 e. The maximum atomic E-state index is 4.31. The lowest BCUT2D eigenvalue weighted by Crippen LogP contribution is -2.04. The van der Waals surface area contributed by atoms with E-state index in [-0.39, 0.29) is 7.92 Å². The van der Waals surface area contributed by atoms with Crippen LogP contribution in [0.15, 0.2) is 48.3 Å². The zero-order valence-corrected chi connectivity index (χ0v) is 13.0. The van der Waals surface area contributed by atoms with E-state index in [0.29, 0.717) is 0 Å². The maximum absolute atomic E-state index is 4.31. The highest BCUT2D eigenvalue weighted by Crippen LogP contribution is 2.53. The summed E-state index contributed by atoms with van der Waals surface area (Å²) >= 11 is 0. The summed E-state index contributed by atoms with van der Waals surface area (Å²) in [5.41, 5.74) is 2.74. The van der Waals surface area contributed by atoms with Gasteiger partial charge in [-0.3, -0.25) is 0 Å². The van der Waals surface area contributed by atoms with Gasteiger partial charge in [-0.1, -0.05) is 84.7 Å². The molecule has 0 fully saturated rings. The first-order valence-electron chi connectivity index (χ1n) is 6.70. The highest BCUT2D eigenvalue weighted by Gasteiger charge is 2.18. The molecule has 0 aromatic heterocycles. The van der Waals surface area contributed by atoms with E-state index in [4.69, 9.17) is 0 Å². The van der Waals surface area contributed by atoms with Crippen LogP contribution < -0.4 is 0 Å². The van der Waals surface area contributed by atoms with Crippen molar-refractivity contribution in [3.05, 3.63) is 53.9 Å². The van der Waals surface area contributed by atoms with Crippen molar-refractivity contribution in [2.75, 3.05) is 0 Å². The number of hydrogen-bond donors (Lipinski definition) is 0. The Kier molecular flexibility index (Phi) is 6.36. The van der Waals surface area contributed by atoms with E-state index in [1.807, 2.05) is 6.07 Å². The maximum Gasteiger partial charge on any atom is -0.00953 e. The lowest BCUT2D eigenvalue weighted by atomic mass is 10.2. The molecule has 0 radical (unpaired) electrons. The van der Waals surface area contributed by atoms with Crippen molar-refractivity contribution in [3.63, 3.8) is 0 Å². The van der Waals surface area contributed by atoms with Crippen LogP contribution in [0, 0.1) is 0 Å². The molecular formula is C17H25P. The second-order valence-electron chi connectivity index (χ2n) is 5.18. The Morgan fingerprint density at radius 2 is 1.67 bits per heavy atom. The molecule has 1 aromatic carbocycles. The van der Waals surface area contributed by atoms with Gasteiger partial charge in [-0.25, -0.2) is 0 Å². The Morgan fingerprint density at radius 3 is 2.17 bits per heavy atom. The summed E-state index contributed by atoms with van der Waals surface area (Å²) in [6.07, 6.45) is 5.45. The molecule has 0 saturated heterocycles. The molecule has 1 aromatic rings. The summed E-state index contributed by atoms with van der Waals surface area (Å²) in [7, 11) is -0.0661. The van der Waals surface area contributed by atoms with Crippen molar-refractivity contribution in [1.82, 2.24) is 0 Å². The van der Waals surface area contributed by atoms with Crippen LogP contribution in [0.4, 0.5) is 0 Å². The van der Waals surface area contributed by atoms with Gasteiger partial charge in [0.1, 0.15) is 0 Å². The van der Waals surface area contributed by atoms with Crippen LogP contribution >= 0.6 is 7.92 Å². The number of allylic oxidation sites excluding steroid dienone is 2. The fourth-order valence-corrected chi connectivity index (χ4v) is 5.30. The van der Waals surface area contributed by atoms with Gasteiger partial charge in [-0.15, -0.1) is 0 Å². The molecule has 0 aliphatic heterocycles.